The van der Waals surface area contributed by atoms with Crippen LogP contribution < -0.4 is 37.6 Å². The molecule has 0 saturated carbocycles. The lowest BCUT2D eigenvalue weighted by atomic mass is 9.92. The van der Waals surface area contributed by atoms with Crippen molar-refractivity contribution in [3.63, 3.8) is 0 Å². The summed E-state index contributed by atoms with van der Waals surface area (Å²) < 4.78 is 6.22. The Balaban J connectivity index is 1.24. The number of benzene rings is 2. The van der Waals surface area contributed by atoms with Crippen LogP contribution in [-0.4, -0.2) is 160 Å². The number of thiazole rings is 1. The number of amides is 10. The largest absolute Gasteiger partial charge is 0.481 e. The van der Waals surface area contributed by atoms with Gasteiger partial charge < -0.3 is 56.9 Å². The molecule has 24 nitrogen and oxygen atoms in total. The minimum atomic E-state index is -1.07. The maximum Gasteiger partial charge on any atom is 0.312 e. The molecule has 5 rings (SSSR count). The molecule has 91 heavy (non-hydrogen) atoms. The molecule has 3 aromatic rings. The second-order valence-electron chi connectivity index (χ2n) is 25.2. The van der Waals surface area contributed by atoms with Crippen LogP contribution in [0.5, 0.6) is 0 Å². The number of quaternary nitrogens is 1. The quantitative estimate of drug-likeness (QED) is 0.0137. The lowest BCUT2D eigenvalue weighted by Gasteiger charge is -2.44. The summed E-state index contributed by atoms with van der Waals surface area (Å²) in [6, 6.07) is 11.4. The molecule has 1 aromatic heterocycles. The number of unbranched alkanes of at least 4 members (excludes halogenated alkanes) is 2. The zero-order valence-electron chi connectivity index (χ0n) is 54.4. The number of carboxylic acid groups (broad SMARTS) is 1. The summed E-state index contributed by atoms with van der Waals surface area (Å²) in [6.45, 7) is 15.7. The normalized spacial score (nSPS) is 18.2. The molecular weight excluding hydrogens is 1190 g/mol. The van der Waals surface area contributed by atoms with Crippen molar-refractivity contribution in [1.29, 1.82) is 0 Å². The van der Waals surface area contributed by atoms with E-state index < -0.39 is 84.0 Å². The summed E-state index contributed by atoms with van der Waals surface area (Å²) in [6.07, 6.45) is 7.08. The van der Waals surface area contributed by atoms with E-state index in [0.717, 1.165) is 40.2 Å². The fraction of sp³-hybridized carbons (Fsp3) is 0.576. The fourth-order valence-electron chi connectivity index (χ4n) is 11.7. The van der Waals surface area contributed by atoms with E-state index in [4.69, 9.17) is 10.5 Å². The first-order valence-corrected chi connectivity index (χ1v) is 32.7. The number of primary amides is 1. The Bertz CT molecular complexity index is 3010. The van der Waals surface area contributed by atoms with Gasteiger partial charge >= 0.3 is 18.0 Å². The Morgan fingerprint density at radius 1 is 0.813 bits per heavy atom. The molecule has 25 heteroatoms. The number of nitrogens with one attached hydrogen (secondary N) is 6. The number of esters is 1. The van der Waals surface area contributed by atoms with Gasteiger partial charge in [0.25, 0.3) is 23.6 Å². The maximum atomic E-state index is 14.9. The monoisotopic (exact) mass is 1280 g/mol. The molecule has 0 spiro atoms. The number of urea groups is 1. The number of likely N-dealkylation sites (tertiary alicyclic amines) is 1. The van der Waals surface area contributed by atoms with Crippen molar-refractivity contribution >= 4 is 82.3 Å². The second-order valence-corrected chi connectivity index (χ2v) is 26.1. The van der Waals surface area contributed by atoms with Crippen LogP contribution in [0.3, 0.4) is 0 Å². The third kappa shape index (κ3) is 22.7. The van der Waals surface area contributed by atoms with Gasteiger partial charge in [-0.2, -0.15) is 0 Å². The average Bonchev–Trinajstić information content (AvgIpc) is 1.38. The van der Waals surface area contributed by atoms with E-state index in [-0.39, 0.29) is 98.2 Å². The number of ether oxygens (including phenoxy) is 1. The molecule has 2 aliphatic rings. The Morgan fingerprint density at radius 2 is 1.49 bits per heavy atom. The standard InChI is InChI=1S/C66H95N11O13S/c1-11-42(6)58(64(86)75(9)51(40(2)3)37-53(90-44(8)78)63-72-50(39-91-63)60(83)70-48(35-43(7)65(87)88)36-45-21-14-12-15-22-45)74-61(84)52-24-17-19-34-77(52,10)38-46-26-28-47(29-27-46)69-59(82)49(23-20-32-68-66(67)89)71-62(85)57(41(4)5)73-54(79)25-16-13-18-33-76-55(80)30-31-56(76)81/h12,14-15,21-22,26-31,39-43,48-49,51-53,57-58H,11,13,16-20,23-25,32-38H2,1-10H3,(H8-,67,68,69,70,71,73,74,79,82,83,84,85,87,88,89)/p+1/t42-,43-,48+,49-,51+,52+,53+,57-,58-,77?/m0/s1. The van der Waals surface area contributed by atoms with Crippen LogP contribution in [0.2, 0.25) is 0 Å². The highest BCUT2D eigenvalue weighted by molar-refractivity contribution is 7.09. The number of aromatic nitrogens is 1. The van der Waals surface area contributed by atoms with Gasteiger partial charge in [0.15, 0.2) is 12.1 Å². The number of carboxylic acids is 1. The highest BCUT2D eigenvalue weighted by Gasteiger charge is 2.44. The van der Waals surface area contributed by atoms with Crippen LogP contribution >= 0.6 is 11.3 Å². The average molecular weight is 1280 g/mol. The van der Waals surface area contributed by atoms with Crippen molar-refractivity contribution in [2.45, 2.75) is 188 Å². The number of likely N-dealkylation sites (N-methyl/N-ethyl adjacent to an activating group) is 2. The summed E-state index contributed by atoms with van der Waals surface area (Å²) in [5.74, 6) is -6.36. The summed E-state index contributed by atoms with van der Waals surface area (Å²) in [7, 11) is 3.71. The number of aliphatic carboxylic acids is 1. The van der Waals surface area contributed by atoms with Crippen LogP contribution in [0.1, 0.15) is 165 Å². The highest BCUT2D eigenvalue weighted by Crippen LogP contribution is 2.33. The summed E-state index contributed by atoms with van der Waals surface area (Å²) in [5.41, 5.74) is 7.60. The zero-order valence-corrected chi connectivity index (χ0v) is 55.2. The summed E-state index contributed by atoms with van der Waals surface area (Å²) in [5, 5.41) is 28.8. The highest BCUT2D eigenvalue weighted by atomic mass is 32.1. The van der Waals surface area contributed by atoms with Crippen molar-refractivity contribution < 1.29 is 67.1 Å². The summed E-state index contributed by atoms with van der Waals surface area (Å²) >= 11 is 1.14. The number of hydrogen-bond acceptors (Lipinski definition) is 14. The number of nitrogens with zero attached hydrogens (tertiary/aromatic N) is 4. The number of carbonyl (C=O) groups excluding carboxylic acids is 10. The van der Waals surface area contributed by atoms with Gasteiger partial charge in [0.1, 0.15) is 35.4 Å². The second kappa shape index (κ2) is 35.5. The van der Waals surface area contributed by atoms with Gasteiger partial charge in [0, 0.05) is 87.2 Å². The van der Waals surface area contributed by atoms with E-state index in [1.807, 2.05) is 77.2 Å². The Hall–Kier alpha value is -8.06. The van der Waals surface area contributed by atoms with E-state index >= 15 is 0 Å². The number of hydrogen-bond donors (Lipinski definition) is 8. The number of carbonyl (C=O) groups is 11. The number of nitrogens with two attached hydrogens (primary N) is 1. The van der Waals surface area contributed by atoms with Gasteiger partial charge in [-0.3, -0.25) is 52.8 Å². The van der Waals surface area contributed by atoms with E-state index in [1.54, 1.807) is 50.2 Å². The molecule has 498 valence electrons. The van der Waals surface area contributed by atoms with Gasteiger partial charge in [-0.15, -0.1) is 11.3 Å². The lowest BCUT2D eigenvalue weighted by molar-refractivity contribution is -0.942. The van der Waals surface area contributed by atoms with Crippen LogP contribution in [0.4, 0.5) is 10.5 Å². The first kappa shape index (κ1) is 73.7. The third-order valence-corrected chi connectivity index (χ3v) is 18.1. The molecule has 0 bridgehead atoms. The SMILES string of the molecule is CC[C@H](C)[C@H](NC(=O)[C@H]1CCCC[N+]1(C)Cc1ccc(NC(=O)[C@H](CCCNC(N)=O)NC(=O)[C@@H](NC(=O)CCCCCN2C(=O)C=CC2=O)C(C)C)cc1)C(=O)N(C)[C@H](C[C@@H](OC(C)=O)c1nc(C(=O)N[C@@H](Cc2ccccc2)C[C@H](C)C(=O)O)cs1)C(C)C. The first-order valence-electron chi connectivity index (χ1n) is 31.8. The molecule has 2 aliphatic heterocycles. The van der Waals surface area contributed by atoms with Crippen LogP contribution in [-0.2, 0) is 60.9 Å². The van der Waals surface area contributed by atoms with E-state index in [1.165, 1.54) is 19.1 Å². The van der Waals surface area contributed by atoms with Gasteiger partial charge in [-0.05, 0) is 86.8 Å². The molecule has 10 amide bonds. The topological polar surface area (TPSA) is 335 Å². The molecule has 3 heterocycles. The third-order valence-electron chi connectivity index (χ3n) is 17.2. The van der Waals surface area contributed by atoms with Crippen LogP contribution in [0, 0.1) is 23.7 Å². The molecule has 1 saturated heterocycles. The minimum Gasteiger partial charge on any atom is -0.481 e. The van der Waals surface area contributed by atoms with Gasteiger partial charge in [0.2, 0.25) is 23.6 Å². The number of piperidine rings is 1. The Morgan fingerprint density at radius 3 is 2.11 bits per heavy atom. The van der Waals surface area contributed by atoms with Crippen molar-refractivity contribution in [2.75, 3.05) is 39.0 Å². The Kier molecular flexibility index (Phi) is 28.8. The molecule has 9 N–H and O–H groups in total. The van der Waals surface area contributed by atoms with Gasteiger partial charge in [-0.25, -0.2) is 9.78 Å². The summed E-state index contributed by atoms with van der Waals surface area (Å²) in [4.78, 5) is 151. The predicted octanol–water partition coefficient (Wildman–Crippen LogP) is 6.30. The van der Waals surface area contributed by atoms with E-state index in [0.29, 0.717) is 66.8 Å². The fourth-order valence-corrected chi connectivity index (χ4v) is 12.5. The Labute approximate surface area is 538 Å². The maximum absolute atomic E-state index is 14.9. The molecule has 10 atom stereocenters. The van der Waals surface area contributed by atoms with Gasteiger partial charge in [0.05, 0.1) is 19.5 Å². The van der Waals surface area contributed by atoms with Crippen molar-refractivity contribution in [1.82, 2.24) is 41.4 Å². The van der Waals surface area contributed by atoms with E-state index in [9.17, 15) is 57.8 Å². The van der Waals surface area contributed by atoms with Crippen molar-refractivity contribution in [2.24, 2.45) is 29.4 Å². The van der Waals surface area contributed by atoms with E-state index in [2.05, 4.69) is 36.9 Å². The van der Waals surface area contributed by atoms with Crippen molar-refractivity contribution in [3.05, 3.63) is 94.0 Å². The van der Waals surface area contributed by atoms with Gasteiger partial charge in [-0.1, -0.05) is 104 Å². The molecule has 2 aromatic carbocycles. The number of rotatable bonds is 36. The predicted molar refractivity (Wildman–Crippen MR) is 344 cm³/mol. The zero-order chi connectivity index (χ0) is 67.1. The molecular formula is C66H96N11O13S+. The molecule has 0 aliphatic carbocycles. The minimum absolute atomic E-state index is 0.0762. The number of imide groups is 1. The van der Waals surface area contributed by atoms with Crippen LogP contribution in [0.15, 0.2) is 72.1 Å². The van der Waals surface area contributed by atoms with Crippen molar-refractivity contribution in [3.8, 4) is 0 Å². The van der Waals surface area contributed by atoms with Crippen LogP contribution in [0.25, 0.3) is 0 Å². The smallest absolute Gasteiger partial charge is 0.312 e. The first-order chi connectivity index (χ1) is 43.1. The molecule has 1 unspecified atom stereocenters. The molecule has 1 fully saturated rings. The number of anilines is 1. The lowest BCUT2D eigenvalue weighted by Crippen LogP contribution is -2.63. The molecule has 0 radical (unpaired) electrons.